The van der Waals surface area contributed by atoms with Gasteiger partial charge in [0.25, 0.3) is 0 Å². The van der Waals surface area contributed by atoms with Gasteiger partial charge in [0.2, 0.25) is 0 Å². The van der Waals surface area contributed by atoms with Gasteiger partial charge in [-0.1, -0.05) is 88.7 Å². The third-order valence-electron chi connectivity index (χ3n) is 6.48. The number of carbonyl (C=O) groups excluding carboxylic acids is 3. The van der Waals surface area contributed by atoms with Crippen LogP contribution in [0.1, 0.15) is 36.0 Å². The number of hydrogen-bond donors (Lipinski definition) is 1. The number of hydrogen-bond acceptors (Lipinski definition) is 6. The van der Waals surface area contributed by atoms with E-state index < -0.39 is 41.1 Å². The summed E-state index contributed by atoms with van der Waals surface area (Å²) >= 11 is 3.39. The third-order valence-corrected chi connectivity index (χ3v) is 7.01. The quantitative estimate of drug-likeness (QED) is 0.329. The van der Waals surface area contributed by atoms with Gasteiger partial charge in [-0.3, -0.25) is 14.4 Å². The molecule has 1 saturated carbocycles. The van der Waals surface area contributed by atoms with Gasteiger partial charge in [-0.25, -0.2) is 0 Å². The van der Waals surface area contributed by atoms with E-state index in [-0.39, 0.29) is 19.6 Å². The van der Waals surface area contributed by atoms with Crippen LogP contribution in [0.3, 0.4) is 0 Å². The number of Topliss-reactive ketones (excluding diaryl/α,β-unsaturated/α-hetero) is 1. The zero-order valence-electron chi connectivity index (χ0n) is 19.8. The first-order chi connectivity index (χ1) is 17.3. The molecule has 1 N–H and O–H groups in total. The number of benzene rings is 3. The Labute approximate surface area is 218 Å². The van der Waals surface area contributed by atoms with Gasteiger partial charge in [0.05, 0.1) is 11.5 Å². The fourth-order valence-corrected chi connectivity index (χ4v) is 5.00. The second-order valence-electron chi connectivity index (χ2n) is 9.22. The van der Waals surface area contributed by atoms with Gasteiger partial charge in [-0.2, -0.15) is 0 Å². The second-order valence-corrected chi connectivity index (χ2v) is 10.1. The van der Waals surface area contributed by atoms with Gasteiger partial charge in [0.15, 0.2) is 5.78 Å². The Bertz CT molecular complexity index is 1210. The molecular formula is C29H27BrO6. The number of rotatable bonds is 7. The average molecular weight is 551 g/mol. The first kappa shape index (κ1) is 25.8. The third kappa shape index (κ3) is 5.91. The minimum absolute atomic E-state index is 0.00394. The van der Waals surface area contributed by atoms with Crippen molar-refractivity contribution in [2.45, 2.75) is 38.1 Å². The highest BCUT2D eigenvalue weighted by Crippen LogP contribution is 2.47. The molecule has 3 aromatic carbocycles. The number of halogens is 1. The molecule has 0 saturated heterocycles. The Balaban J connectivity index is 1.66. The van der Waals surface area contributed by atoms with Crippen molar-refractivity contribution in [3.05, 3.63) is 106 Å². The van der Waals surface area contributed by atoms with E-state index in [2.05, 4.69) is 15.9 Å². The van der Waals surface area contributed by atoms with Gasteiger partial charge in [-0.05, 0) is 35.7 Å². The van der Waals surface area contributed by atoms with Crippen LogP contribution < -0.4 is 0 Å². The second kappa shape index (κ2) is 11.2. The van der Waals surface area contributed by atoms with Crippen molar-refractivity contribution in [2.24, 2.45) is 11.8 Å². The monoisotopic (exact) mass is 550 g/mol. The topological polar surface area (TPSA) is 89.9 Å². The van der Waals surface area contributed by atoms with Crippen LogP contribution in [-0.4, -0.2) is 28.4 Å². The van der Waals surface area contributed by atoms with Crippen LogP contribution >= 0.6 is 15.9 Å². The number of ketones is 1. The molecule has 36 heavy (non-hydrogen) atoms. The Kier molecular flexibility index (Phi) is 8.01. The van der Waals surface area contributed by atoms with Crippen LogP contribution in [0.5, 0.6) is 0 Å². The number of aliphatic hydroxyl groups is 1. The van der Waals surface area contributed by atoms with Crippen molar-refractivity contribution in [3.63, 3.8) is 0 Å². The van der Waals surface area contributed by atoms with Crippen LogP contribution in [0.25, 0.3) is 0 Å². The molecule has 0 amide bonds. The predicted octanol–water partition coefficient (Wildman–Crippen LogP) is 4.98. The molecule has 0 aromatic heterocycles. The Morgan fingerprint density at radius 2 is 1.36 bits per heavy atom. The van der Waals surface area contributed by atoms with E-state index in [0.29, 0.717) is 5.56 Å². The molecule has 0 unspecified atom stereocenters. The van der Waals surface area contributed by atoms with Crippen LogP contribution in [0.2, 0.25) is 0 Å². The molecular weight excluding hydrogens is 524 g/mol. The SMILES string of the molecule is C[C@]1(O)CC(=O)[C@H](C(=O)OCc2ccccc2)[C@H](c2ccc(Br)cc2)[C@@H]1C(=O)OCc1ccccc1. The molecule has 0 bridgehead atoms. The Morgan fingerprint density at radius 1 is 0.861 bits per heavy atom. The molecule has 7 heteroatoms. The maximum Gasteiger partial charge on any atom is 0.317 e. The van der Waals surface area contributed by atoms with Crippen LogP contribution in [-0.2, 0) is 37.1 Å². The molecule has 1 aliphatic carbocycles. The summed E-state index contributed by atoms with van der Waals surface area (Å²) in [5.41, 5.74) is 0.421. The van der Waals surface area contributed by atoms with E-state index in [1.54, 1.807) is 24.3 Å². The summed E-state index contributed by atoms with van der Waals surface area (Å²) in [6, 6.07) is 25.3. The summed E-state index contributed by atoms with van der Waals surface area (Å²) in [4.78, 5) is 40.0. The van der Waals surface area contributed by atoms with E-state index in [1.165, 1.54) is 6.92 Å². The summed E-state index contributed by atoms with van der Waals surface area (Å²) in [7, 11) is 0. The lowest BCUT2D eigenvalue weighted by Gasteiger charge is -2.43. The lowest BCUT2D eigenvalue weighted by molar-refractivity contribution is -0.174. The van der Waals surface area contributed by atoms with Crippen molar-refractivity contribution < 1.29 is 29.0 Å². The number of esters is 2. The van der Waals surface area contributed by atoms with Gasteiger partial charge in [0, 0.05) is 16.8 Å². The van der Waals surface area contributed by atoms with Gasteiger partial charge in [0.1, 0.15) is 19.1 Å². The summed E-state index contributed by atoms with van der Waals surface area (Å²) in [5.74, 6) is -5.25. The fourth-order valence-electron chi connectivity index (χ4n) is 4.74. The maximum absolute atomic E-state index is 13.4. The van der Waals surface area contributed by atoms with Crippen molar-refractivity contribution in [1.29, 1.82) is 0 Å². The predicted molar refractivity (Wildman–Crippen MR) is 137 cm³/mol. The van der Waals surface area contributed by atoms with E-state index >= 15 is 0 Å². The molecule has 186 valence electrons. The average Bonchev–Trinajstić information content (AvgIpc) is 2.86. The van der Waals surface area contributed by atoms with E-state index in [9.17, 15) is 19.5 Å². The zero-order chi connectivity index (χ0) is 25.7. The lowest BCUT2D eigenvalue weighted by Crippen LogP contribution is -2.55. The molecule has 6 nitrogen and oxygen atoms in total. The molecule has 1 aliphatic rings. The van der Waals surface area contributed by atoms with Crippen LogP contribution in [0.15, 0.2) is 89.4 Å². The molecule has 0 aliphatic heterocycles. The minimum Gasteiger partial charge on any atom is -0.461 e. The van der Waals surface area contributed by atoms with Crippen LogP contribution in [0, 0.1) is 11.8 Å². The summed E-state index contributed by atoms with van der Waals surface area (Å²) in [6.07, 6.45) is -0.365. The first-order valence-electron chi connectivity index (χ1n) is 11.7. The van der Waals surface area contributed by atoms with Crippen molar-refractivity contribution in [3.8, 4) is 0 Å². The van der Waals surface area contributed by atoms with E-state index in [4.69, 9.17) is 9.47 Å². The number of carbonyl (C=O) groups is 3. The molecule has 3 aromatic rings. The van der Waals surface area contributed by atoms with Crippen molar-refractivity contribution >= 4 is 33.7 Å². The smallest absolute Gasteiger partial charge is 0.317 e. The number of ether oxygens (including phenoxy) is 2. The molecule has 4 atom stereocenters. The van der Waals surface area contributed by atoms with Crippen molar-refractivity contribution in [2.75, 3.05) is 0 Å². The normalized spacial score (nSPS) is 23.6. The molecule has 4 rings (SSSR count). The van der Waals surface area contributed by atoms with E-state index in [0.717, 1.165) is 15.6 Å². The highest BCUT2D eigenvalue weighted by atomic mass is 79.9. The summed E-state index contributed by atoms with van der Waals surface area (Å²) in [6.45, 7) is 1.45. The minimum atomic E-state index is -1.71. The van der Waals surface area contributed by atoms with Gasteiger partial charge in [-0.15, -0.1) is 0 Å². The van der Waals surface area contributed by atoms with Crippen molar-refractivity contribution in [1.82, 2.24) is 0 Å². The molecule has 1 fully saturated rings. The molecule has 0 radical (unpaired) electrons. The molecule has 0 spiro atoms. The summed E-state index contributed by atoms with van der Waals surface area (Å²) in [5, 5.41) is 11.3. The highest BCUT2D eigenvalue weighted by Gasteiger charge is 2.57. The zero-order valence-corrected chi connectivity index (χ0v) is 21.4. The summed E-state index contributed by atoms with van der Waals surface area (Å²) < 4.78 is 11.9. The van der Waals surface area contributed by atoms with Gasteiger partial charge < -0.3 is 14.6 Å². The fraction of sp³-hybridized carbons (Fsp3) is 0.276. The molecule has 0 heterocycles. The van der Waals surface area contributed by atoms with E-state index in [1.807, 2.05) is 60.7 Å². The van der Waals surface area contributed by atoms with Crippen LogP contribution in [0.4, 0.5) is 0 Å². The standard InChI is InChI=1S/C29H27BrO6/c1-29(34)16-23(31)25(27(32)35-17-19-8-4-2-5-9-19)24(21-12-14-22(30)15-13-21)26(29)28(33)36-18-20-10-6-3-7-11-20/h2-15,24-26,34H,16-18H2,1H3/t24-,25-,26+,29-/m0/s1. The Morgan fingerprint density at radius 3 is 1.89 bits per heavy atom. The highest BCUT2D eigenvalue weighted by molar-refractivity contribution is 9.10. The Hall–Kier alpha value is -3.29. The largest absolute Gasteiger partial charge is 0.461 e. The lowest BCUT2D eigenvalue weighted by atomic mass is 9.62. The maximum atomic E-state index is 13.4. The first-order valence-corrected chi connectivity index (χ1v) is 12.5. The van der Waals surface area contributed by atoms with Gasteiger partial charge >= 0.3 is 11.9 Å².